The van der Waals surface area contributed by atoms with Crippen LogP contribution in [-0.4, -0.2) is 88.9 Å². The summed E-state index contributed by atoms with van der Waals surface area (Å²) in [5, 5.41) is 28.0. The van der Waals surface area contributed by atoms with Crippen molar-refractivity contribution in [3.05, 3.63) is 94.8 Å². The topological polar surface area (TPSA) is 147 Å². The number of hydrogen-bond acceptors (Lipinski definition) is 8. The largest absolute Gasteiger partial charge is 0.506 e. The van der Waals surface area contributed by atoms with Crippen LogP contribution in [0.4, 0.5) is 10.5 Å². The highest BCUT2D eigenvalue weighted by molar-refractivity contribution is 5.91. The molecule has 0 radical (unpaired) electrons. The Morgan fingerprint density at radius 3 is 2.42 bits per heavy atom. The number of aliphatic hydroxyl groups is 1. The Morgan fingerprint density at radius 2 is 1.66 bits per heavy atom. The number of nitrogens with zero attached hydrogens (tertiary/aromatic N) is 2. The van der Waals surface area contributed by atoms with E-state index in [0.717, 1.165) is 75.0 Å². The number of benzene rings is 3. The van der Waals surface area contributed by atoms with E-state index >= 15 is 0 Å². The summed E-state index contributed by atoms with van der Waals surface area (Å²) in [5.74, 6) is 0.136. The Hall–Kier alpha value is -4.71. The molecule has 2 heterocycles. The van der Waals surface area contributed by atoms with E-state index in [0.29, 0.717) is 29.6 Å². The molecule has 1 aliphatic heterocycles. The molecule has 1 saturated carbocycles. The molecule has 11 heteroatoms. The maximum atomic E-state index is 13.3. The molecule has 5 N–H and O–H groups in total. The number of aromatic nitrogens is 1. The van der Waals surface area contributed by atoms with Crippen LogP contribution in [-0.2, 0) is 9.53 Å². The number of phenols is 1. The number of aromatic amines is 1. The van der Waals surface area contributed by atoms with E-state index in [1.54, 1.807) is 12.1 Å². The van der Waals surface area contributed by atoms with Crippen molar-refractivity contribution in [2.24, 2.45) is 5.92 Å². The summed E-state index contributed by atoms with van der Waals surface area (Å²) in [6.45, 7) is 3.37. The zero-order valence-electron chi connectivity index (χ0n) is 28.5. The molecular formula is C39H47N5O6. The normalized spacial score (nSPS) is 19.2. The molecule has 0 spiro atoms. The molecule has 1 aliphatic carbocycles. The molecule has 2 fully saturated rings. The fourth-order valence-electron chi connectivity index (χ4n) is 7.20. The van der Waals surface area contributed by atoms with Crippen molar-refractivity contribution >= 4 is 28.6 Å². The summed E-state index contributed by atoms with van der Waals surface area (Å²) in [4.78, 5) is 44.6. The number of anilines is 1. The van der Waals surface area contributed by atoms with Crippen molar-refractivity contribution in [2.75, 3.05) is 45.1 Å². The molecule has 4 aromatic rings. The number of para-hydroxylation sites is 1. The Balaban J connectivity index is 0.882. The predicted octanol–water partition coefficient (Wildman–Crippen LogP) is 5.25. The number of phenolic OH excluding ortho intramolecular Hbond substituents is 1. The van der Waals surface area contributed by atoms with Crippen molar-refractivity contribution in [1.82, 2.24) is 20.1 Å². The summed E-state index contributed by atoms with van der Waals surface area (Å²) in [7, 11) is 1.88. The van der Waals surface area contributed by atoms with Crippen molar-refractivity contribution in [3.8, 4) is 16.9 Å². The van der Waals surface area contributed by atoms with Gasteiger partial charge in [-0.2, -0.15) is 0 Å². The van der Waals surface area contributed by atoms with E-state index in [4.69, 9.17) is 4.74 Å². The molecule has 11 nitrogen and oxygen atoms in total. The summed E-state index contributed by atoms with van der Waals surface area (Å²) in [6.07, 6.45) is 3.37. The number of H-pyrrole nitrogens is 1. The number of likely N-dealkylation sites (tertiary alicyclic amines) is 1. The number of carbonyl (C=O) groups excluding carboxylic acids is 2. The molecule has 1 saturated heterocycles. The van der Waals surface area contributed by atoms with Crippen molar-refractivity contribution in [2.45, 2.75) is 56.8 Å². The second kappa shape index (κ2) is 16.3. The Labute approximate surface area is 292 Å². The standard InChI is InChI=1S/C39H47N5O6/c1-43(23-24-44-21-19-29(20-22-44)50-39(49)41-33-10-6-5-9-30(33)26-7-3-2-4-8-26)38(48)27-11-13-28(14-12-27)40-25-35(46)31-15-17-34(45)37-32(31)16-18-36(47)42-37/h2-10,15-18,27-29,35,40,45-46H,11-14,19-25H2,1H3,(H,41,49)(H,42,47)/t27?,28?,35-/m0/s1. The predicted molar refractivity (Wildman–Crippen MR) is 194 cm³/mol. The van der Waals surface area contributed by atoms with Gasteiger partial charge in [-0.05, 0) is 67.9 Å². The molecule has 2 aliphatic rings. The quantitative estimate of drug-likeness (QED) is 0.144. The van der Waals surface area contributed by atoms with Crippen LogP contribution in [0.25, 0.3) is 22.0 Å². The van der Waals surface area contributed by atoms with Gasteiger partial charge in [0.2, 0.25) is 11.5 Å². The van der Waals surface area contributed by atoms with Crippen LogP contribution < -0.4 is 16.2 Å². The van der Waals surface area contributed by atoms with Gasteiger partial charge < -0.3 is 35.1 Å². The molecule has 0 bridgehead atoms. The summed E-state index contributed by atoms with van der Waals surface area (Å²) >= 11 is 0. The van der Waals surface area contributed by atoms with Crippen molar-refractivity contribution in [1.29, 1.82) is 0 Å². The van der Waals surface area contributed by atoms with Crippen LogP contribution in [0.15, 0.2) is 83.7 Å². The van der Waals surface area contributed by atoms with Gasteiger partial charge in [-0.3, -0.25) is 14.9 Å². The van der Waals surface area contributed by atoms with Crippen molar-refractivity contribution in [3.63, 3.8) is 0 Å². The molecule has 3 aromatic carbocycles. The van der Waals surface area contributed by atoms with Crippen LogP contribution in [0.5, 0.6) is 5.75 Å². The van der Waals surface area contributed by atoms with E-state index in [1.807, 2.05) is 66.5 Å². The van der Waals surface area contributed by atoms with Crippen molar-refractivity contribution < 1.29 is 24.5 Å². The average molecular weight is 682 g/mol. The Kier molecular flexibility index (Phi) is 11.5. The van der Waals surface area contributed by atoms with Crippen LogP contribution >= 0.6 is 0 Å². The van der Waals surface area contributed by atoms with Gasteiger partial charge in [-0.25, -0.2) is 4.79 Å². The fourth-order valence-corrected chi connectivity index (χ4v) is 7.20. The third kappa shape index (κ3) is 8.71. The molecule has 2 amide bonds. The number of pyridine rings is 1. The first kappa shape index (κ1) is 35.1. The maximum Gasteiger partial charge on any atom is 0.411 e. The first-order valence-corrected chi connectivity index (χ1v) is 17.6. The third-order valence-electron chi connectivity index (χ3n) is 10.1. The first-order valence-electron chi connectivity index (χ1n) is 17.6. The Bertz CT molecular complexity index is 1820. The lowest BCUT2D eigenvalue weighted by molar-refractivity contribution is -0.135. The van der Waals surface area contributed by atoms with Gasteiger partial charge >= 0.3 is 6.09 Å². The number of aliphatic hydroxyl groups excluding tert-OH is 1. The summed E-state index contributed by atoms with van der Waals surface area (Å²) in [5.41, 5.74) is 3.33. The van der Waals surface area contributed by atoms with Gasteiger partial charge in [-0.15, -0.1) is 0 Å². The zero-order chi connectivity index (χ0) is 35.0. The van der Waals surface area contributed by atoms with Crippen LogP contribution in [0.3, 0.4) is 0 Å². The highest BCUT2D eigenvalue weighted by atomic mass is 16.6. The second-order valence-corrected chi connectivity index (χ2v) is 13.5. The Morgan fingerprint density at radius 1 is 0.940 bits per heavy atom. The molecule has 1 aromatic heterocycles. The lowest BCUT2D eigenvalue weighted by atomic mass is 9.85. The van der Waals surface area contributed by atoms with Gasteiger partial charge in [-0.1, -0.05) is 54.6 Å². The molecular weight excluding hydrogens is 634 g/mol. The minimum Gasteiger partial charge on any atom is -0.506 e. The number of aromatic hydroxyl groups is 1. The van der Waals surface area contributed by atoms with E-state index in [1.165, 1.54) is 12.1 Å². The fraction of sp³-hybridized carbons (Fsp3) is 0.410. The minimum atomic E-state index is -0.814. The van der Waals surface area contributed by atoms with Crippen LogP contribution in [0, 0.1) is 5.92 Å². The molecule has 6 rings (SSSR count). The van der Waals surface area contributed by atoms with Gasteiger partial charge in [0, 0.05) is 68.7 Å². The lowest BCUT2D eigenvalue weighted by Gasteiger charge is -2.34. The average Bonchev–Trinajstić information content (AvgIpc) is 3.14. The van der Waals surface area contributed by atoms with Gasteiger partial charge in [0.15, 0.2) is 0 Å². The van der Waals surface area contributed by atoms with E-state index in [2.05, 4.69) is 20.5 Å². The SMILES string of the molecule is CN(CCN1CCC(OC(=O)Nc2ccccc2-c2ccccc2)CC1)C(=O)C1CCC(NC[C@H](O)c2ccc(O)c3[nH]c(=O)ccc23)CC1. The number of fused-ring (bicyclic) bond motifs is 1. The number of carbonyl (C=O) groups is 2. The molecule has 264 valence electrons. The first-order chi connectivity index (χ1) is 24.2. The highest BCUT2D eigenvalue weighted by Crippen LogP contribution is 2.31. The number of likely N-dealkylation sites (N-methyl/N-ethyl adjacent to an activating group) is 1. The van der Waals surface area contributed by atoms with E-state index < -0.39 is 12.2 Å². The summed E-state index contributed by atoms with van der Waals surface area (Å²) < 4.78 is 5.78. The van der Waals surface area contributed by atoms with E-state index in [9.17, 15) is 24.6 Å². The third-order valence-corrected chi connectivity index (χ3v) is 10.1. The number of hydrogen-bond donors (Lipinski definition) is 5. The smallest absolute Gasteiger partial charge is 0.411 e. The van der Waals surface area contributed by atoms with Crippen LogP contribution in [0.2, 0.25) is 0 Å². The number of ether oxygens (including phenoxy) is 1. The lowest BCUT2D eigenvalue weighted by Crippen LogP contribution is -2.44. The molecule has 0 unspecified atom stereocenters. The number of nitrogens with one attached hydrogen (secondary N) is 3. The second-order valence-electron chi connectivity index (χ2n) is 13.5. The summed E-state index contributed by atoms with van der Waals surface area (Å²) in [6, 6.07) is 24.0. The zero-order valence-corrected chi connectivity index (χ0v) is 28.5. The molecule has 1 atom stereocenters. The van der Waals surface area contributed by atoms with Gasteiger partial charge in [0.1, 0.15) is 11.9 Å². The van der Waals surface area contributed by atoms with Gasteiger partial charge in [0.05, 0.1) is 17.3 Å². The maximum absolute atomic E-state index is 13.3. The highest BCUT2D eigenvalue weighted by Gasteiger charge is 2.29. The van der Waals surface area contributed by atoms with Crippen LogP contribution in [0.1, 0.15) is 50.2 Å². The van der Waals surface area contributed by atoms with E-state index in [-0.39, 0.29) is 35.3 Å². The minimum absolute atomic E-state index is 0.00879. The van der Waals surface area contributed by atoms with Gasteiger partial charge in [0.25, 0.3) is 0 Å². The molecule has 50 heavy (non-hydrogen) atoms. The number of rotatable bonds is 11. The number of piperidine rings is 1. The monoisotopic (exact) mass is 681 g/mol. The number of amides is 2.